The number of H-pyrrole nitrogens is 1. The van der Waals surface area contributed by atoms with Crippen LogP contribution in [0.25, 0.3) is 27.9 Å². The van der Waals surface area contributed by atoms with Gasteiger partial charge >= 0.3 is 0 Å². The molecular weight excluding hydrogens is 342 g/mol. The van der Waals surface area contributed by atoms with Crippen molar-refractivity contribution in [3.05, 3.63) is 89.3 Å². The average Bonchev–Trinajstić information content (AvgIpc) is 3.28. The standard InChI is InChI=1S/C25H21N3/c1-4-5-9-17-15(2)24-19(11-8-13-26-24)25-20(17)14-22(28-25)23-16(3)27-21-12-7-6-10-18(21)23/h4-13,27H,1,14H2,2-3H3/b9-5-. The van der Waals surface area contributed by atoms with Crippen LogP contribution in [0.5, 0.6) is 0 Å². The third-order valence-corrected chi connectivity index (χ3v) is 5.61. The van der Waals surface area contributed by atoms with Crippen molar-refractivity contribution < 1.29 is 0 Å². The van der Waals surface area contributed by atoms with Crippen LogP contribution in [0.4, 0.5) is 5.69 Å². The first-order chi connectivity index (χ1) is 13.7. The number of benzene rings is 2. The van der Waals surface area contributed by atoms with Crippen LogP contribution in [0.2, 0.25) is 0 Å². The first-order valence-electron chi connectivity index (χ1n) is 9.53. The lowest BCUT2D eigenvalue weighted by Crippen LogP contribution is -2.03. The lowest BCUT2D eigenvalue weighted by atomic mass is 9.92. The molecule has 0 atom stereocenters. The summed E-state index contributed by atoms with van der Waals surface area (Å²) in [6, 6.07) is 12.6. The highest BCUT2D eigenvalue weighted by molar-refractivity contribution is 6.18. The molecule has 0 radical (unpaired) electrons. The van der Waals surface area contributed by atoms with E-state index in [4.69, 9.17) is 4.99 Å². The summed E-state index contributed by atoms with van der Waals surface area (Å²) in [6.45, 7) is 8.10. The summed E-state index contributed by atoms with van der Waals surface area (Å²) in [5, 5.41) is 2.35. The highest BCUT2D eigenvalue weighted by Crippen LogP contribution is 2.41. The van der Waals surface area contributed by atoms with E-state index in [1.54, 1.807) is 0 Å². The second kappa shape index (κ2) is 6.31. The number of hydrogen-bond donors (Lipinski definition) is 1. The van der Waals surface area contributed by atoms with Crippen LogP contribution in [0.15, 0.2) is 66.3 Å². The molecule has 2 aromatic heterocycles. The van der Waals surface area contributed by atoms with Crippen LogP contribution in [-0.4, -0.2) is 15.7 Å². The molecule has 1 aliphatic heterocycles. The van der Waals surface area contributed by atoms with Crippen molar-refractivity contribution in [1.29, 1.82) is 0 Å². The molecule has 0 unspecified atom stereocenters. The Labute approximate surface area is 164 Å². The van der Waals surface area contributed by atoms with Crippen LogP contribution >= 0.6 is 0 Å². The average molecular weight is 363 g/mol. The zero-order valence-corrected chi connectivity index (χ0v) is 16.1. The predicted molar refractivity (Wildman–Crippen MR) is 119 cm³/mol. The molecule has 0 spiro atoms. The first-order valence-corrected chi connectivity index (χ1v) is 9.53. The third kappa shape index (κ3) is 2.36. The molecule has 0 fully saturated rings. The van der Waals surface area contributed by atoms with Crippen molar-refractivity contribution in [3.8, 4) is 0 Å². The Morgan fingerprint density at radius 1 is 1.07 bits per heavy atom. The van der Waals surface area contributed by atoms with Gasteiger partial charge in [0.05, 0.1) is 16.9 Å². The largest absolute Gasteiger partial charge is 0.358 e. The van der Waals surface area contributed by atoms with Crippen LogP contribution in [-0.2, 0) is 6.42 Å². The fraction of sp³-hybridized carbons (Fsp3) is 0.120. The van der Waals surface area contributed by atoms with Gasteiger partial charge in [0, 0.05) is 40.2 Å². The summed E-state index contributed by atoms with van der Waals surface area (Å²) in [7, 11) is 0. The number of aromatic amines is 1. The maximum atomic E-state index is 5.14. The van der Waals surface area contributed by atoms with E-state index in [9.17, 15) is 0 Å². The molecule has 5 rings (SSSR count). The smallest absolute Gasteiger partial charge is 0.0769 e. The van der Waals surface area contributed by atoms with Gasteiger partial charge in [0.2, 0.25) is 0 Å². The number of nitrogens with zero attached hydrogens (tertiary/aromatic N) is 2. The zero-order valence-electron chi connectivity index (χ0n) is 16.1. The predicted octanol–water partition coefficient (Wildman–Crippen LogP) is 6.21. The summed E-state index contributed by atoms with van der Waals surface area (Å²) in [5.41, 5.74) is 10.4. The summed E-state index contributed by atoms with van der Waals surface area (Å²) < 4.78 is 0. The second-order valence-corrected chi connectivity index (χ2v) is 7.27. The van der Waals surface area contributed by atoms with E-state index in [0.29, 0.717) is 0 Å². The Balaban J connectivity index is 1.79. The molecule has 0 aliphatic carbocycles. The monoisotopic (exact) mass is 363 g/mol. The lowest BCUT2D eigenvalue weighted by molar-refractivity contribution is 1.27. The Bertz CT molecular complexity index is 1320. The van der Waals surface area contributed by atoms with Crippen molar-refractivity contribution in [1.82, 2.24) is 9.97 Å². The van der Waals surface area contributed by atoms with Gasteiger partial charge in [-0.2, -0.15) is 0 Å². The molecule has 1 N–H and O–H groups in total. The van der Waals surface area contributed by atoms with Gasteiger partial charge in [0.15, 0.2) is 0 Å². The Morgan fingerprint density at radius 2 is 1.89 bits per heavy atom. The van der Waals surface area contributed by atoms with Gasteiger partial charge in [0.1, 0.15) is 0 Å². The lowest BCUT2D eigenvalue weighted by Gasteiger charge is -2.12. The number of aryl methyl sites for hydroxylation is 2. The first kappa shape index (κ1) is 16.7. The number of nitrogens with one attached hydrogen (secondary N) is 1. The molecule has 28 heavy (non-hydrogen) atoms. The minimum Gasteiger partial charge on any atom is -0.358 e. The number of para-hydroxylation sites is 1. The van der Waals surface area contributed by atoms with Crippen LogP contribution in [0.3, 0.4) is 0 Å². The molecule has 2 aromatic carbocycles. The van der Waals surface area contributed by atoms with Gasteiger partial charge in [-0.25, -0.2) is 0 Å². The van der Waals surface area contributed by atoms with E-state index in [2.05, 4.69) is 66.8 Å². The fourth-order valence-electron chi connectivity index (χ4n) is 4.37. The van der Waals surface area contributed by atoms with Gasteiger partial charge in [0.25, 0.3) is 0 Å². The number of fused-ring (bicyclic) bond motifs is 4. The van der Waals surface area contributed by atoms with E-state index in [0.717, 1.165) is 39.9 Å². The number of pyridine rings is 1. The highest BCUT2D eigenvalue weighted by atomic mass is 14.8. The number of hydrogen-bond acceptors (Lipinski definition) is 2. The number of allylic oxidation sites excluding steroid dienone is 2. The number of aliphatic imine (C=N–C) groups is 1. The van der Waals surface area contributed by atoms with Crippen LogP contribution < -0.4 is 0 Å². The molecule has 0 saturated heterocycles. The van der Waals surface area contributed by atoms with Crippen molar-refractivity contribution in [2.75, 3.05) is 0 Å². The SMILES string of the molecule is C=C/C=C\c1c2c(c3cccnc3c1C)N=C(c1c(C)[nH]c3ccccc13)C2. The molecule has 3 nitrogen and oxygen atoms in total. The molecule has 4 aromatic rings. The third-order valence-electron chi connectivity index (χ3n) is 5.61. The van der Waals surface area contributed by atoms with E-state index < -0.39 is 0 Å². The summed E-state index contributed by atoms with van der Waals surface area (Å²) in [6.07, 6.45) is 8.61. The maximum absolute atomic E-state index is 5.14. The normalized spacial score (nSPS) is 13.4. The Kier molecular flexibility index (Phi) is 3.76. The Hall–Kier alpha value is -3.46. The van der Waals surface area contributed by atoms with E-state index in [1.807, 2.05) is 24.4 Å². The van der Waals surface area contributed by atoms with Crippen molar-refractivity contribution >= 4 is 39.3 Å². The summed E-state index contributed by atoms with van der Waals surface area (Å²) in [4.78, 5) is 13.3. The summed E-state index contributed by atoms with van der Waals surface area (Å²) in [5.74, 6) is 0. The van der Waals surface area contributed by atoms with E-state index >= 15 is 0 Å². The van der Waals surface area contributed by atoms with Gasteiger partial charge in [-0.05, 0) is 48.7 Å². The fourth-order valence-corrected chi connectivity index (χ4v) is 4.37. The minimum atomic E-state index is 0.820. The quantitative estimate of drug-likeness (QED) is 0.432. The molecule has 1 aliphatic rings. The van der Waals surface area contributed by atoms with Gasteiger partial charge < -0.3 is 4.98 Å². The molecule has 0 bridgehead atoms. The van der Waals surface area contributed by atoms with Crippen molar-refractivity contribution in [2.45, 2.75) is 20.3 Å². The van der Waals surface area contributed by atoms with Crippen molar-refractivity contribution in [2.24, 2.45) is 4.99 Å². The van der Waals surface area contributed by atoms with Gasteiger partial charge in [-0.1, -0.05) is 43.0 Å². The van der Waals surface area contributed by atoms with E-state index in [1.165, 1.54) is 27.6 Å². The molecule has 3 heteroatoms. The molecular formula is C25H21N3. The molecule has 3 heterocycles. The van der Waals surface area contributed by atoms with Gasteiger partial charge in [-0.15, -0.1) is 0 Å². The van der Waals surface area contributed by atoms with Crippen molar-refractivity contribution in [3.63, 3.8) is 0 Å². The maximum Gasteiger partial charge on any atom is 0.0769 e. The molecule has 0 amide bonds. The Morgan fingerprint density at radius 3 is 2.75 bits per heavy atom. The second-order valence-electron chi connectivity index (χ2n) is 7.27. The topological polar surface area (TPSA) is 41.0 Å². The number of aromatic nitrogens is 2. The van der Waals surface area contributed by atoms with Crippen LogP contribution in [0.1, 0.15) is 27.9 Å². The highest BCUT2D eigenvalue weighted by Gasteiger charge is 2.26. The van der Waals surface area contributed by atoms with Gasteiger partial charge in [-0.3, -0.25) is 9.98 Å². The van der Waals surface area contributed by atoms with Crippen LogP contribution in [0, 0.1) is 13.8 Å². The van der Waals surface area contributed by atoms with E-state index in [-0.39, 0.29) is 0 Å². The zero-order chi connectivity index (χ0) is 19.3. The minimum absolute atomic E-state index is 0.820. The summed E-state index contributed by atoms with van der Waals surface area (Å²) >= 11 is 0. The number of rotatable bonds is 3. The molecule has 136 valence electrons. The molecule has 0 saturated carbocycles.